The topological polar surface area (TPSA) is 69.6 Å². The van der Waals surface area contributed by atoms with Gasteiger partial charge in [0, 0.05) is 19.6 Å². The molecule has 0 radical (unpaired) electrons. The molecule has 84 valence electrons. The number of carboxylic acid groups (broad SMARTS) is 1. The van der Waals surface area contributed by atoms with E-state index in [0.29, 0.717) is 13.1 Å². The van der Waals surface area contributed by atoms with E-state index in [-0.39, 0.29) is 19.0 Å². The lowest BCUT2D eigenvalue weighted by molar-refractivity contribution is -0.136. The Bertz CT molecular complexity index is 286. The van der Waals surface area contributed by atoms with Gasteiger partial charge in [-0.15, -0.1) is 0 Å². The highest BCUT2D eigenvalue weighted by Crippen LogP contribution is 2.08. The molecule has 1 heterocycles. The maximum absolute atomic E-state index is 11.5. The summed E-state index contributed by atoms with van der Waals surface area (Å²) in [6.07, 6.45) is 2.95. The Kier molecular flexibility index (Phi) is 4.15. The van der Waals surface area contributed by atoms with E-state index in [1.807, 2.05) is 6.92 Å². The fraction of sp³-hybridized carbons (Fsp3) is 0.600. The van der Waals surface area contributed by atoms with Gasteiger partial charge in [-0.2, -0.15) is 0 Å². The first-order valence-corrected chi connectivity index (χ1v) is 5.00. The minimum atomic E-state index is -0.898. The zero-order valence-electron chi connectivity index (χ0n) is 8.82. The number of aliphatic carboxylic acids is 1. The number of carbonyl (C=O) groups excluding carboxylic acids is 1. The Morgan fingerprint density at radius 1 is 1.60 bits per heavy atom. The van der Waals surface area contributed by atoms with Crippen LogP contribution in [0.1, 0.15) is 19.8 Å². The highest BCUT2D eigenvalue weighted by atomic mass is 16.4. The number of urea groups is 1. The number of hydrogen-bond donors (Lipinski definition) is 2. The van der Waals surface area contributed by atoms with Gasteiger partial charge in [-0.3, -0.25) is 4.79 Å². The summed E-state index contributed by atoms with van der Waals surface area (Å²) in [7, 11) is 0. The second-order valence-electron chi connectivity index (χ2n) is 3.64. The lowest BCUT2D eigenvalue weighted by Gasteiger charge is -2.26. The number of nitrogens with zero attached hydrogens (tertiary/aromatic N) is 1. The molecule has 2 amide bonds. The lowest BCUT2D eigenvalue weighted by Crippen LogP contribution is -2.43. The minimum Gasteiger partial charge on any atom is -0.481 e. The summed E-state index contributed by atoms with van der Waals surface area (Å²) in [5.74, 6) is -0.898. The third-order valence-corrected chi connectivity index (χ3v) is 2.23. The SMILES string of the molecule is CC1=CCCN(C(=O)NCCC(=O)O)C1. The Morgan fingerprint density at radius 2 is 2.33 bits per heavy atom. The quantitative estimate of drug-likeness (QED) is 0.680. The molecule has 0 aromatic carbocycles. The molecular weight excluding hydrogens is 196 g/mol. The van der Waals surface area contributed by atoms with Gasteiger partial charge in [-0.05, 0) is 13.3 Å². The van der Waals surface area contributed by atoms with Crippen LogP contribution in [0.2, 0.25) is 0 Å². The minimum absolute atomic E-state index is 0.0333. The second kappa shape index (κ2) is 5.38. The van der Waals surface area contributed by atoms with E-state index in [4.69, 9.17) is 5.11 Å². The van der Waals surface area contributed by atoms with Crippen molar-refractivity contribution in [2.24, 2.45) is 0 Å². The number of hydrogen-bond acceptors (Lipinski definition) is 2. The fourth-order valence-electron chi connectivity index (χ4n) is 1.47. The first-order valence-electron chi connectivity index (χ1n) is 5.00. The van der Waals surface area contributed by atoms with Crippen LogP contribution in [0.3, 0.4) is 0 Å². The molecule has 2 N–H and O–H groups in total. The normalized spacial score (nSPS) is 15.8. The van der Waals surface area contributed by atoms with Gasteiger partial charge in [0.05, 0.1) is 6.42 Å². The molecule has 0 saturated heterocycles. The molecule has 0 aromatic heterocycles. The molecule has 1 aliphatic heterocycles. The lowest BCUT2D eigenvalue weighted by atomic mass is 10.1. The summed E-state index contributed by atoms with van der Waals surface area (Å²) in [6.45, 7) is 3.51. The van der Waals surface area contributed by atoms with E-state index in [2.05, 4.69) is 11.4 Å². The van der Waals surface area contributed by atoms with Crippen molar-refractivity contribution in [1.29, 1.82) is 0 Å². The van der Waals surface area contributed by atoms with Gasteiger partial charge in [0.1, 0.15) is 0 Å². The first kappa shape index (κ1) is 11.6. The van der Waals surface area contributed by atoms with Crippen LogP contribution in [-0.4, -0.2) is 41.6 Å². The number of amides is 2. The highest BCUT2D eigenvalue weighted by molar-refractivity contribution is 5.75. The summed E-state index contributed by atoms with van der Waals surface area (Å²) in [6, 6.07) is -0.177. The van der Waals surface area contributed by atoms with E-state index in [1.165, 1.54) is 5.57 Å². The van der Waals surface area contributed by atoms with Crippen LogP contribution in [0.4, 0.5) is 4.79 Å². The molecule has 0 bridgehead atoms. The van der Waals surface area contributed by atoms with Crippen LogP contribution in [0, 0.1) is 0 Å². The Morgan fingerprint density at radius 3 is 2.93 bits per heavy atom. The van der Waals surface area contributed by atoms with Crippen LogP contribution in [0.25, 0.3) is 0 Å². The van der Waals surface area contributed by atoms with Gasteiger partial charge >= 0.3 is 12.0 Å². The van der Waals surface area contributed by atoms with Crippen LogP contribution in [-0.2, 0) is 4.79 Å². The Labute approximate surface area is 88.8 Å². The number of carbonyl (C=O) groups is 2. The molecule has 0 aliphatic carbocycles. The van der Waals surface area contributed by atoms with Crippen molar-refractivity contribution in [3.63, 3.8) is 0 Å². The van der Waals surface area contributed by atoms with Crippen LogP contribution >= 0.6 is 0 Å². The molecule has 5 nitrogen and oxygen atoms in total. The molecule has 0 unspecified atom stereocenters. The van der Waals surface area contributed by atoms with Crippen molar-refractivity contribution in [3.05, 3.63) is 11.6 Å². The van der Waals surface area contributed by atoms with Crippen molar-refractivity contribution in [2.75, 3.05) is 19.6 Å². The number of carboxylic acids is 1. The molecule has 15 heavy (non-hydrogen) atoms. The van der Waals surface area contributed by atoms with Gasteiger partial charge in [0.15, 0.2) is 0 Å². The second-order valence-corrected chi connectivity index (χ2v) is 3.64. The zero-order chi connectivity index (χ0) is 11.3. The van der Waals surface area contributed by atoms with E-state index in [9.17, 15) is 9.59 Å². The number of rotatable bonds is 3. The van der Waals surface area contributed by atoms with Crippen molar-refractivity contribution in [3.8, 4) is 0 Å². The van der Waals surface area contributed by atoms with Gasteiger partial charge < -0.3 is 15.3 Å². The predicted octanol–water partition coefficient (Wildman–Crippen LogP) is 0.823. The summed E-state index contributed by atoms with van der Waals surface area (Å²) in [5, 5.41) is 11.0. The van der Waals surface area contributed by atoms with Crippen molar-refractivity contribution >= 4 is 12.0 Å². The molecule has 5 heteroatoms. The van der Waals surface area contributed by atoms with Crippen molar-refractivity contribution in [2.45, 2.75) is 19.8 Å². The molecule has 0 spiro atoms. The highest BCUT2D eigenvalue weighted by Gasteiger charge is 2.15. The summed E-state index contributed by atoms with van der Waals surface area (Å²) >= 11 is 0. The summed E-state index contributed by atoms with van der Waals surface area (Å²) in [5.41, 5.74) is 1.18. The maximum atomic E-state index is 11.5. The molecule has 1 aliphatic rings. The smallest absolute Gasteiger partial charge is 0.317 e. The third-order valence-electron chi connectivity index (χ3n) is 2.23. The Balaban J connectivity index is 2.28. The molecule has 0 atom stereocenters. The standard InChI is InChI=1S/C10H16N2O3/c1-8-3-2-6-12(7-8)10(15)11-5-4-9(13)14/h3H,2,4-7H2,1H3,(H,11,15)(H,13,14). The molecule has 0 saturated carbocycles. The number of nitrogens with one attached hydrogen (secondary N) is 1. The first-order chi connectivity index (χ1) is 7.09. The average molecular weight is 212 g/mol. The van der Waals surface area contributed by atoms with Gasteiger partial charge in [0.2, 0.25) is 0 Å². The van der Waals surface area contributed by atoms with Crippen molar-refractivity contribution < 1.29 is 14.7 Å². The molecule has 0 fully saturated rings. The van der Waals surface area contributed by atoms with Crippen LogP contribution < -0.4 is 5.32 Å². The molecule has 0 aromatic rings. The molecule has 1 rings (SSSR count). The molecular formula is C10H16N2O3. The van der Waals surface area contributed by atoms with Crippen molar-refractivity contribution in [1.82, 2.24) is 10.2 Å². The van der Waals surface area contributed by atoms with Gasteiger partial charge in [-0.25, -0.2) is 4.79 Å². The maximum Gasteiger partial charge on any atom is 0.317 e. The summed E-state index contributed by atoms with van der Waals surface area (Å²) in [4.78, 5) is 23.4. The average Bonchev–Trinajstić information content (AvgIpc) is 2.17. The zero-order valence-corrected chi connectivity index (χ0v) is 8.82. The van der Waals surface area contributed by atoms with E-state index >= 15 is 0 Å². The largest absolute Gasteiger partial charge is 0.481 e. The van der Waals surface area contributed by atoms with E-state index in [1.54, 1.807) is 4.90 Å². The van der Waals surface area contributed by atoms with Gasteiger partial charge in [-0.1, -0.05) is 11.6 Å². The van der Waals surface area contributed by atoms with Crippen LogP contribution in [0.5, 0.6) is 0 Å². The fourth-order valence-corrected chi connectivity index (χ4v) is 1.47. The van der Waals surface area contributed by atoms with Crippen LogP contribution in [0.15, 0.2) is 11.6 Å². The van der Waals surface area contributed by atoms with Gasteiger partial charge in [0.25, 0.3) is 0 Å². The van der Waals surface area contributed by atoms with E-state index in [0.717, 1.165) is 6.42 Å². The van der Waals surface area contributed by atoms with E-state index < -0.39 is 5.97 Å². The predicted molar refractivity (Wildman–Crippen MR) is 55.6 cm³/mol. The third kappa shape index (κ3) is 4.01. The monoisotopic (exact) mass is 212 g/mol. The summed E-state index contributed by atoms with van der Waals surface area (Å²) < 4.78 is 0. The Hall–Kier alpha value is -1.52.